The molecule has 29 heavy (non-hydrogen) atoms. The van der Waals surface area contributed by atoms with Crippen molar-refractivity contribution >= 4 is 11.5 Å². The van der Waals surface area contributed by atoms with Gasteiger partial charge in [0.1, 0.15) is 5.82 Å². The molecule has 0 bridgehead atoms. The van der Waals surface area contributed by atoms with Gasteiger partial charge in [0.25, 0.3) is 0 Å². The summed E-state index contributed by atoms with van der Waals surface area (Å²) in [5.74, 6) is 2.15. The van der Waals surface area contributed by atoms with Crippen molar-refractivity contribution in [2.75, 3.05) is 11.4 Å². The van der Waals surface area contributed by atoms with E-state index in [1.165, 1.54) is 64.2 Å². The zero-order chi connectivity index (χ0) is 20.4. The third kappa shape index (κ3) is 2.95. The second-order valence-corrected chi connectivity index (χ2v) is 9.45. The minimum atomic E-state index is 0.559. The Morgan fingerprint density at radius 2 is 1.62 bits per heavy atom. The van der Waals surface area contributed by atoms with E-state index in [-0.39, 0.29) is 0 Å². The highest BCUT2D eigenvalue weighted by Crippen LogP contribution is 2.40. The Balaban J connectivity index is 1.79. The van der Waals surface area contributed by atoms with Gasteiger partial charge in [-0.05, 0) is 89.8 Å². The zero-order valence-electron chi connectivity index (χ0n) is 18.6. The molecule has 0 amide bonds. The van der Waals surface area contributed by atoms with Gasteiger partial charge < -0.3 is 4.90 Å². The maximum atomic E-state index is 5.12. The molecule has 4 nitrogen and oxygen atoms in total. The van der Waals surface area contributed by atoms with E-state index in [4.69, 9.17) is 10.1 Å². The molecule has 3 aromatic rings. The maximum Gasteiger partial charge on any atom is 0.165 e. The van der Waals surface area contributed by atoms with Crippen LogP contribution >= 0.6 is 0 Å². The summed E-state index contributed by atoms with van der Waals surface area (Å²) in [5, 5.41) is 5.07. The van der Waals surface area contributed by atoms with Gasteiger partial charge in [-0.1, -0.05) is 17.7 Å². The first-order chi connectivity index (χ1) is 13.8. The van der Waals surface area contributed by atoms with Crippen LogP contribution < -0.4 is 4.90 Å². The van der Waals surface area contributed by atoms with Crippen LogP contribution in [0.1, 0.15) is 59.8 Å². The first kappa shape index (κ1) is 18.7. The molecule has 0 saturated heterocycles. The van der Waals surface area contributed by atoms with Crippen LogP contribution in [0.5, 0.6) is 0 Å². The summed E-state index contributed by atoms with van der Waals surface area (Å²) in [6, 6.07) is 5.11. The lowest BCUT2D eigenvalue weighted by molar-refractivity contribution is 0.528. The molecule has 1 aliphatic heterocycles. The Morgan fingerprint density at radius 3 is 2.28 bits per heavy atom. The lowest BCUT2D eigenvalue weighted by Crippen LogP contribution is -2.40. The van der Waals surface area contributed by atoms with Crippen LogP contribution in [-0.2, 0) is 6.42 Å². The van der Waals surface area contributed by atoms with E-state index >= 15 is 0 Å². The van der Waals surface area contributed by atoms with Gasteiger partial charge in [0.05, 0.1) is 11.3 Å². The van der Waals surface area contributed by atoms with Gasteiger partial charge in [0, 0.05) is 23.8 Å². The average Bonchev–Trinajstić information content (AvgIpc) is 3.40. The van der Waals surface area contributed by atoms with Crippen LogP contribution in [0.3, 0.4) is 0 Å². The highest BCUT2D eigenvalue weighted by atomic mass is 15.4. The number of aryl methyl sites for hydroxylation is 5. The number of fused-ring (bicyclic) bond motifs is 3. The number of hydrogen-bond acceptors (Lipinski definition) is 3. The molecule has 1 saturated carbocycles. The van der Waals surface area contributed by atoms with Crippen LogP contribution in [0.2, 0.25) is 0 Å². The quantitative estimate of drug-likeness (QED) is 0.595. The van der Waals surface area contributed by atoms with Crippen molar-refractivity contribution in [3.05, 3.63) is 45.8 Å². The SMILES string of the molecule is Cc1cc(C)c(-c2c(C)nn3c4c(c(C)nc23)CCC(C)N4CC2CC2)c(C)c1. The van der Waals surface area contributed by atoms with Gasteiger partial charge in [0.2, 0.25) is 0 Å². The van der Waals surface area contributed by atoms with Gasteiger partial charge in [0.15, 0.2) is 5.65 Å². The molecular formula is C25H32N4. The fourth-order valence-electron chi connectivity index (χ4n) is 5.30. The van der Waals surface area contributed by atoms with Gasteiger partial charge in [-0.15, -0.1) is 0 Å². The predicted octanol–water partition coefficient (Wildman–Crippen LogP) is 5.49. The largest absolute Gasteiger partial charge is 0.353 e. The lowest BCUT2D eigenvalue weighted by atomic mass is 9.93. The van der Waals surface area contributed by atoms with Crippen molar-refractivity contribution < 1.29 is 0 Å². The molecule has 0 spiro atoms. The number of nitrogens with zero attached hydrogens (tertiary/aromatic N) is 4. The molecule has 0 N–H and O–H groups in total. The molecule has 2 aromatic heterocycles. The van der Waals surface area contributed by atoms with Crippen LogP contribution in [0.4, 0.5) is 5.82 Å². The zero-order valence-corrected chi connectivity index (χ0v) is 18.6. The van der Waals surface area contributed by atoms with Crippen LogP contribution in [0.15, 0.2) is 12.1 Å². The maximum absolute atomic E-state index is 5.12. The minimum absolute atomic E-state index is 0.559. The van der Waals surface area contributed by atoms with Crippen LogP contribution in [-0.4, -0.2) is 27.2 Å². The van der Waals surface area contributed by atoms with E-state index in [0.717, 1.165) is 30.2 Å². The molecule has 4 heteroatoms. The smallest absolute Gasteiger partial charge is 0.165 e. The van der Waals surface area contributed by atoms with Crippen molar-refractivity contribution in [2.24, 2.45) is 5.92 Å². The summed E-state index contributed by atoms with van der Waals surface area (Å²) in [7, 11) is 0. The van der Waals surface area contributed by atoms with Gasteiger partial charge >= 0.3 is 0 Å². The number of hydrogen-bond donors (Lipinski definition) is 0. The van der Waals surface area contributed by atoms with E-state index < -0.39 is 0 Å². The minimum Gasteiger partial charge on any atom is -0.353 e. The molecule has 3 heterocycles. The van der Waals surface area contributed by atoms with E-state index in [2.05, 4.69) is 63.1 Å². The number of anilines is 1. The Hall–Kier alpha value is -2.36. The summed E-state index contributed by atoms with van der Waals surface area (Å²) in [4.78, 5) is 7.75. The van der Waals surface area contributed by atoms with E-state index in [0.29, 0.717) is 6.04 Å². The third-order valence-corrected chi connectivity index (χ3v) is 6.91. The van der Waals surface area contributed by atoms with E-state index in [1.54, 1.807) is 0 Å². The number of aromatic nitrogens is 3. The normalized spacial score (nSPS) is 19.1. The molecule has 0 radical (unpaired) electrons. The first-order valence-electron chi connectivity index (χ1n) is 11.1. The van der Waals surface area contributed by atoms with Crippen LogP contribution in [0, 0.1) is 40.5 Å². The van der Waals surface area contributed by atoms with Crippen LogP contribution in [0.25, 0.3) is 16.8 Å². The molecule has 152 valence electrons. The number of rotatable bonds is 3. The van der Waals surface area contributed by atoms with Gasteiger partial charge in [-0.25, -0.2) is 4.98 Å². The molecule has 5 rings (SSSR count). The molecule has 2 aliphatic rings. The van der Waals surface area contributed by atoms with Crippen molar-refractivity contribution in [3.8, 4) is 11.1 Å². The molecular weight excluding hydrogens is 356 g/mol. The first-order valence-corrected chi connectivity index (χ1v) is 11.1. The summed E-state index contributed by atoms with van der Waals surface area (Å²) >= 11 is 0. The van der Waals surface area contributed by atoms with Crippen molar-refractivity contribution in [1.82, 2.24) is 14.6 Å². The Bertz CT molecular complexity index is 1100. The van der Waals surface area contributed by atoms with Crippen molar-refractivity contribution in [3.63, 3.8) is 0 Å². The summed E-state index contributed by atoms with van der Waals surface area (Å²) < 4.78 is 2.17. The van der Waals surface area contributed by atoms with Gasteiger partial charge in [-0.2, -0.15) is 9.61 Å². The van der Waals surface area contributed by atoms with E-state index in [1.807, 2.05) is 0 Å². The second-order valence-electron chi connectivity index (χ2n) is 9.45. The molecule has 1 unspecified atom stereocenters. The fraction of sp³-hybridized carbons (Fsp3) is 0.520. The third-order valence-electron chi connectivity index (χ3n) is 6.91. The molecule has 1 atom stereocenters. The van der Waals surface area contributed by atoms with Crippen molar-refractivity contribution in [1.29, 1.82) is 0 Å². The highest BCUT2D eigenvalue weighted by molar-refractivity contribution is 5.85. The Labute approximate surface area is 174 Å². The Morgan fingerprint density at radius 1 is 0.931 bits per heavy atom. The average molecular weight is 389 g/mol. The predicted molar refractivity (Wildman–Crippen MR) is 120 cm³/mol. The molecule has 1 aliphatic carbocycles. The standard InChI is InChI=1S/C25H32N4/c1-14-11-15(2)22(16(3)12-14)23-19(6)27-29-24(23)26-18(5)21-10-7-17(4)28(25(21)29)13-20-8-9-20/h11-12,17,20H,7-10,13H2,1-6H3. The Kier molecular flexibility index (Phi) is 4.23. The summed E-state index contributed by atoms with van der Waals surface area (Å²) in [5.41, 5.74) is 11.1. The second kappa shape index (κ2) is 6.58. The number of benzene rings is 1. The van der Waals surface area contributed by atoms with E-state index in [9.17, 15) is 0 Å². The monoisotopic (exact) mass is 388 g/mol. The topological polar surface area (TPSA) is 33.4 Å². The molecule has 1 fully saturated rings. The lowest BCUT2D eigenvalue weighted by Gasteiger charge is -2.37. The summed E-state index contributed by atoms with van der Waals surface area (Å²) in [6.07, 6.45) is 5.05. The summed E-state index contributed by atoms with van der Waals surface area (Å²) in [6.45, 7) is 14.5. The van der Waals surface area contributed by atoms with Gasteiger partial charge in [-0.3, -0.25) is 0 Å². The fourth-order valence-corrected chi connectivity index (χ4v) is 5.30. The van der Waals surface area contributed by atoms with Crippen molar-refractivity contribution in [2.45, 2.75) is 73.3 Å². The molecule has 1 aromatic carbocycles. The highest BCUT2D eigenvalue weighted by Gasteiger charge is 2.34.